The summed E-state index contributed by atoms with van der Waals surface area (Å²) in [6, 6.07) is 0. The molecule has 0 radical (unpaired) electrons. The van der Waals surface area contributed by atoms with Crippen LogP contribution in [0.1, 0.15) is 24.6 Å². The second-order valence-corrected chi connectivity index (χ2v) is 4.61. The number of carboxylic acid groups (broad SMARTS) is 1. The summed E-state index contributed by atoms with van der Waals surface area (Å²) in [6.45, 7) is 0.360. The highest BCUT2D eigenvalue weighted by atomic mass is 32.2. The van der Waals surface area contributed by atoms with Gasteiger partial charge in [0.05, 0.1) is 13.0 Å². The number of aryl methyl sites for hydroxylation is 1. The number of hydrogen-bond acceptors (Lipinski definition) is 5. The van der Waals surface area contributed by atoms with Crippen molar-refractivity contribution >= 4 is 17.7 Å². The Kier molecular flexibility index (Phi) is 3.20. The van der Waals surface area contributed by atoms with Crippen LogP contribution >= 0.6 is 11.8 Å². The van der Waals surface area contributed by atoms with E-state index in [1.165, 1.54) is 0 Å². The van der Waals surface area contributed by atoms with Crippen molar-refractivity contribution in [3.05, 3.63) is 5.82 Å². The summed E-state index contributed by atoms with van der Waals surface area (Å²) in [5, 5.41) is 20.0. The first kappa shape index (κ1) is 10.4. The Labute approximate surface area is 91.0 Å². The Bertz CT molecular complexity index is 348. The molecule has 0 aliphatic carbocycles. The van der Waals surface area contributed by atoms with Gasteiger partial charge in [0.2, 0.25) is 0 Å². The highest BCUT2D eigenvalue weighted by Crippen LogP contribution is 2.30. The average Bonchev–Trinajstić information content (AvgIpc) is 2.85. The van der Waals surface area contributed by atoms with E-state index in [2.05, 4.69) is 15.5 Å². The predicted molar refractivity (Wildman–Crippen MR) is 54.8 cm³/mol. The molecule has 6 nitrogen and oxygen atoms in total. The minimum atomic E-state index is -0.822. The van der Waals surface area contributed by atoms with Crippen LogP contribution in [0, 0.1) is 0 Å². The van der Waals surface area contributed by atoms with Crippen LogP contribution in [0.15, 0.2) is 0 Å². The van der Waals surface area contributed by atoms with Crippen molar-refractivity contribution in [2.24, 2.45) is 0 Å². The molecule has 1 N–H and O–H groups in total. The molecule has 0 amide bonds. The molecule has 15 heavy (non-hydrogen) atoms. The van der Waals surface area contributed by atoms with Crippen LogP contribution in [0.5, 0.6) is 0 Å². The molecule has 82 valence electrons. The van der Waals surface area contributed by atoms with Gasteiger partial charge in [-0.2, -0.15) is 11.8 Å². The first-order chi connectivity index (χ1) is 7.27. The molecule has 1 unspecified atom stereocenters. The van der Waals surface area contributed by atoms with Crippen molar-refractivity contribution in [3.63, 3.8) is 0 Å². The lowest BCUT2D eigenvalue weighted by Crippen LogP contribution is -2.12. The van der Waals surface area contributed by atoms with Gasteiger partial charge in [0, 0.05) is 11.7 Å². The predicted octanol–water partition coefficient (Wildman–Crippen LogP) is 0.368. The topological polar surface area (TPSA) is 80.9 Å². The maximum absolute atomic E-state index is 10.4. The zero-order chi connectivity index (χ0) is 10.7. The highest BCUT2D eigenvalue weighted by molar-refractivity contribution is 7.99. The zero-order valence-electron chi connectivity index (χ0n) is 8.17. The van der Waals surface area contributed by atoms with Crippen LogP contribution in [0.2, 0.25) is 0 Å². The SMILES string of the molecule is O=C(O)CCn1nnnc1C1CCSC1. The fourth-order valence-corrected chi connectivity index (χ4v) is 2.82. The second kappa shape index (κ2) is 4.61. The van der Waals surface area contributed by atoms with E-state index >= 15 is 0 Å². The third-order valence-electron chi connectivity index (χ3n) is 2.39. The molecule has 0 saturated carbocycles. The molecular formula is C8H12N4O2S. The molecule has 1 aliphatic heterocycles. The van der Waals surface area contributed by atoms with Gasteiger partial charge >= 0.3 is 5.97 Å². The zero-order valence-corrected chi connectivity index (χ0v) is 8.98. The summed E-state index contributed by atoms with van der Waals surface area (Å²) >= 11 is 1.89. The van der Waals surface area contributed by atoms with Crippen molar-refractivity contribution in [1.82, 2.24) is 20.2 Å². The van der Waals surface area contributed by atoms with Crippen LogP contribution < -0.4 is 0 Å². The fraction of sp³-hybridized carbons (Fsp3) is 0.750. The van der Waals surface area contributed by atoms with E-state index in [1.807, 2.05) is 11.8 Å². The van der Waals surface area contributed by atoms with Gasteiger partial charge in [-0.15, -0.1) is 5.10 Å². The van der Waals surface area contributed by atoms with Crippen molar-refractivity contribution < 1.29 is 9.90 Å². The first-order valence-corrected chi connectivity index (χ1v) is 5.98. The van der Waals surface area contributed by atoms with E-state index in [1.54, 1.807) is 4.68 Å². The third-order valence-corrected chi connectivity index (χ3v) is 3.55. The molecule has 1 atom stereocenters. The largest absolute Gasteiger partial charge is 0.481 e. The number of aromatic nitrogens is 4. The summed E-state index contributed by atoms with van der Waals surface area (Å²) in [7, 11) is 0. The number of aliphatic carboxylic acids is 1. The van der Waals surface area contributed by atoms with Crippen LogP contribution in [0.25, 0.3) is 0 Å². The number of hydrogen-bond donors (Lipinski definition) is 1. The number of tetrazole rings is 1. The molecule has 7 heteroatoms. The van der Waals surface area contributed by atoms with Crippen LogP contribution in [0.3, 0.4) is 0 Å². The molecule has 0 bridgehead atoms. The summed E-state index contributed by atoms with van der Waals surface area (Å²) < 4.78 is 1.62. The van der Waals surface area contributed by atoms with E-state index in [4.69, 9.17) is 5.11 Å². The summed E-state index contributed by atoms with van der Waals surface area (Å²) in [5.74, 6) is 2.57. The Morgan fingerprint density at radius 2 is 2.53 bits per heavy atom. The van der Waals surface area contributed by atoms with E-state index in [0.717, 1.165) is 23.8 Å². The van der Waals surface area contributed by atoms with Gasteiger partial charge in [-0.05, 0) is 22.6 Å². The third kappa shape index (κ3) is 2.47. The van der Waals surface area contributed by atoms with E-state index < -0.39 is 5.97 Å². The van der Waals surface area contributed by atoms with Gasteiger partial charge in [-0.3, -0.25) is 4.79 Å². The molecular weight excluding hydrogens is 216 g/mol. The molecule has 0 aromatic carbocycles. The standard InChI is InChI=1S/C8H12N4O2S/c13-7(14)1-3-12-8(9-10-11-12)6-2-4-15-5-6/h6H,1-5H2,(H,13,14). The number of carbonyl (C=O) groups is 1. The highest BCUT2D eigenvalue weighted by Gasteiger charge is 2.23. The summed E-state index contributed by atoms with van der Waals surface area (Å²) in [6.07, 6.45) is 1.15. The van der Waals surface area contributed by atoms with Gasteiger partial charge < -0.3 is 5.11 Å². The first-order valence-electron chi connectivity index (χ1n) is 4.83. The number of nitrogens with zero attached hydrogens (tertiary/aromatic N) is 4. The molecule has 0 spiro atoms. The van der Waals surface area contributed by atoms with Crippen LogP contribution in [-0.4, -0.2) is 42.8 Å². The fourth-order valence-electron chi connectivity index (χ4n) is 1.60. The van der Waals surface area contributed by atoms with E-state index in [0.29, 0.717) is 12.5 Å². The maximum atomic E-state index is 10.4. The smallest absolute Gasteiger partial charge is 0.305 e. The number of rotatable bonds is 4. The van der Waals surface area contributed by atoms with Crippen molar-refractivity contribution in [3.8, 4) is 0 Å². The second-order valence-electron chi connectivity index (χ2n) is 3.46. The summed E-state index contributed by atoms with van der Waals surface area (Å²) in [5.41, 5.74) is 0. The Morgan fingerprint density at radius 1 is 1.67 bits per heavy atom. The lowest BCUT2D eigenvalue weighted by molar-refractivity contribution is -0.137. The molecule has 2 heterocycles. The van der Waals surface area contributed by atoms with Crippen molar-refractivity contribution in [2.75, 3.05) is 11.5 Å². The lowest BCUT2D eigenvalue weighted by atomic mass is 10.1. The maximum Gasteiger partial charge on any atom is 0.305 e. The van der Waals surface area contributed by atoms with Gasteiger partial charge in [0.25, 0.3) is 0 Å². The normalized spacial score (nSPS) is 20.7. The average molecular weight is 228 g/mol. The van der Waals surface area contributed by atoms with Gasteiger partial charge in [0.15, 0.2) is 5.82 Å². The van der Waals surface area contributed by atoms with Crippen molar-refractivity contribution in [1.29, 1.82) is 0 Å². The van der Waals surface area contributed by atoms with E-state index in [9.17, 15) is 4.79 Å². The molecule has 1 aromatic rings. The molecule has 1 fully saturated rings. The Hall–Kier alpha value is -1.11. The van der Waals surface area contributed by atoms with E-state index in [-0.39, 0.29) is 6.42 Å². The van der Waals surface area contributed by atoms with Gasteiger partial charge in [-0.25, -0.2) is 4.68 Å². The monoisotopic (exact) mass is 228 g/mol. The van der Waals surface area contributed by atoms with Crippen LogP contribution in [-0.2, 0) is 11.3 Å². The van der Waals surface area contributed by atoms with Crippen LogP contribution in [0.4, 0.5) is 0 Å². The molecule has 1 saturated heterocycles. The Morgan fingerprint density at radius 3 is 3.20 bits per heavy atom. The molecule has 1 aliphatic rings. The Balaban J connectivity index is 2.04. The number of carboxylic acids is 1. The summed E-state index contributed by atoms with van der Waals surface area (Å²) in [4.78, 5) is 10.4. The van der Waals surface area contributed by atoms with Crippen molar-refractivity contribution in [2.45, 2.75) is 25.3 Å². The molecule has 2 rings (SSSR count). The quantitative estimate of drug-likeness (QED) is 0.801. The lowest BCUT2D eigenvalue weighted by Gasteiger charge is -2.07. The minimum absolute atomic E-state index is 0.0674. The van der Waals surface area contributed by atoms with Gasteiger partial charge in [-0.1, -0.05) is 0 Å². The number of thioether (sulfide) groups is 1. The molecule has 1 aromatic heterocycles. The van der Waals surface area contributed by atoms with Gasteiger partial charge in [0.1, 0.15) is 0 Å². The minimum Gasteiger partial charge on any atom is -0.481 e.